The van der Waals surface area contributed by atoms with Crippen molar-refractivity contribution in [2.45, 2.75) is 0 Å². The Hall–Kier alpha value is -1.66. The summed E-state index contributed by atoms with van der Waals surface area (Å²) in [6, 6.07) is 6.82. The van der Waals surface area contributed by atoms with Crippen LogP contribution in [0.4, 0.5) is 8.78 Å². The van der Waals surface area contributed by atoms with Gasteiger partial charge in [-0.2, -0.15) is 0 Å². The number of rotatable bonds is 3. The van der Waals surface area contributed by atoms with Gasteiger partial charge in [0, 0.05) is 5.56 Å². The lowest BCUT2D eigenvalue weighted by molar-refractivity contribution is 0.413. The van der Waals surface area contributed by atoms with E-state index in [-0.39, 0.29) is 32.4 Å². The average molecular weight is 362 g/mol. The molecule has 0 aliphatic heterocycles. The van der Waals surface area contributed by atoms with E-state index >= 15 is 0 Å². The fourth-order valence-electron chi connectivity index (χ4n) is 1.50. The second kappa shape index (κ2) is 5.76. The number of halogens is 4. The van der Waals surface area contributed by atoms with Crippen LogP contribution in [-0.2, 0) is 0 Å². The molecule has 0 saturated heterocycles. The normalized spacial score (nSPS) is 10.4. The first-order chi connectivity index (χ1) is 9.41. The van der Waals surface area contributed by atoms with Crippen LogP contribution in [0.15, 0.2) is 34.8 Å². The highest BCUT2D eigenvalue weighted by Crippen LogP contribution is 2.34. The number of ether oxygens (including phenoxy) is 1. The fourth-order valence-corrected chi connectivity index (χ4v) is 2.21. The largest absolute Gasteiger partial charge is 0.451 e. The molecule has 0 heterocycles. The fraction of sp³-hybridized carbons (Fsp3) is 0. The lowest BCUT2D eigenvalue weighted by Gasteiger charge is -2.11. The molecule has 0 unspecified atom stereocenters. The van der Waals surface area contributed by atoms with Crippen LogP contribution in [0.2, 0.25) is 5.02 Å². The Balaban J connectivity index is 2.42. The highest BCUT2D eigenvalue weighted by atomic mass is 79.9. The molecule has 0 atom stereocenters. The summed E-state index contributed by atoms with van der Waals surface area (Å²) in [4.78, 5) is 0. The highest BCUT2D eigenvalue weighted by Gasteiger charge is 2.16. The maximum Gasteiger partial charge on any atom is 0.184 e. The molecule has 20 heavy (non-hydrogen) atoms. The topological polar surface area (TPSA) is 59.1 Å². The Bertz CT molecular complexity index is 694. The van der Waals surface area contributed by atoms with Gasteiger partial charge in [-0.05, 0) is 40.2 Å². The van der Waals surface area contributed by atoms with Gasteiger partial charge in [-0.1, -0.05) is 17.7 Å². The van der Waals surface area contributed by atoms with E-state index in [9.17, 15) is 8.78 Å². The second-order valence-electron chi connectivity index (χ2n) is 3.81. The molecule has 104 valence electrons. The molecule has 0 amide bonds. The quantitative estimate of drug-likeness (QED) is 0.626. The van der Waals surface area contributed by atoms with Crippen LogP contribution in [0.5, 0.6) is 11.5 Å². The van der Waals surface area contributed by atoms with Crippen molar-refractivity contribution in [1.29, 1.82) is 5.41 Å². The lowest BCUT2D eigenvalue weighted by Crippen LogP contribution is -2.12. The van der Waals surface area contributed by atoms with Gasteiger partial charge in [-0.25, -0.2) is 8.78 Å². The molecule has 3 nitrogen and oxygen atoms in total. The van der Waals surface area contributed by atoms with Gasteiger partial charge in [0.05, 0.1) is 9.50 Å². The van der Waals surface area contributed by atoms with E-state index in [1.807, 2.05) is 0 Å². The van der Waals surface area contributed by atoms with Crippen molar-refractivity contribution in [3.05, 3.63) is 57.0 Å². The van der Waals surface area contributed by atoms with Crippen LogP contribution in [0.3, 0.4) is 0 Å². The van der Waals surface area contributed by atoms with E-state index in [4.69, 9.17) is 27.5 Å². The number of nitrogen functional groups attached to an aromatic ring is 1. The van der Waals surface area contributed by atoms with Gasteiger partial charge >= 0.3 is 0 Å². The van der Waals surface area contributed by atoms with E-state index in [0.717, 1.165) is 0 Å². The van der Waals surface area contributed by atoms with Crippen LogP contribution < -0.4 is 10.5 Å². The number of amidine groups is 1. The summed E-state index contributed by atoms with van der Waals surface area (Å²) in [6.45, 7) is 0. The van der Waals surface area contributed by atoms with Crippen LogP contribution in [-0.4, -0.2) is 5.84 Å². The number of benzene rings is 2. The smallest absolute Gasteiger partial charge is 0.184 e. The molecular weight excluding hydrogens is 354 g/mol. The second-order valence-corrected chi connectivity index (χ2v) is 5.01. The van der Waals surface area contributed by atoms with Gasteiger partial charge in [-0.15, -0.1) is 0 Å². The van der Waals surface area contributed by atoms with Crippen molar-refractivity contribution >= 4 is 33.4 Å². The van der Waals surface area contributed by atoms with Gasteiger partial charge in [0.25, 0.3) is 0 Å². The molecule has 0 fully saturated rings. The summed E-state index contributed by atoms with van der Waals surface area (Å²) < 4.78 is 32.9. The van der Waals surface area contributed by atoms with Crippen molar-refractivity contribution in [3.8, 4) is 11.5 Å². The van der Waals surface area contributed by atoms with E-state index in [0.29, 0.717) is 0 Å². The highest BCUT2D eigenvalue weighted by molar-refractivity contribution is 9.10. The number of hydrogen-bond acceptors (Lipinski definition) is 2. The average Bonchev–Trinajstić information content (AvgIpc) is 2.40. The molecule has 2 rings (SSSR count). The summed E-state index contributed by atoms with van der Waals surface area (Å²) in [5.74, 6) is -2.25. The van der Waals surface area contributed by atoms with Gasteiger partial charge < -0.3 is 10.5 Å². The lowest BCUT2D eigenvalue weighted by atomic mass is 10.2. The summed E-state index contributed by atoms with van der Waals surface area (Å²) in [7, 11) is 0. The molecule has 3 N–H and O–H groups in total. The molecular formula is C13H8BrClF2N2O. The van der Waals surface area contributed by atoms with Crippen molar-refractivity contribution in [3.63, 3.8) is 0 Å². The third-order valence-corrected chi connectivity index (χ3v) is 3.54. The monoisotopic (exact) mass is 360 g/mol. The Kier molecular flexibility index (Phi) is 4.25. The van der Waals surface area contributed by atoms with E-state index in [2.05, 4.69) is 15.9 Å². The van der Waals surface area contributed by atoms with Crippen LogP contribution >= 0.6 is 27.5 Å². The molecule has 2 aromatic carbocycles. The summed E-state index contributed by atoms with van der Waals surface area (Å²) in [6.07, 6.45) is 0. The SMILES string of the molecule is N=C(N)c1ccc(Oc2cccc(Cl)c2F)c(F)c1Br. The predicted molar refractivity (Wildman–Crippen MR) is 76.6 cm³/mol. The Morgan fingerprint density at radius 2 is 1.80 bits per heavy atom. The van der Waals surface area contributed by atoms with Crippen LogP contribution in [0.1, 0.15) is 5.56 Å². The molecule has 0 aliphatic rings. The zero-order chi connectivity index (χ0) is 14.9. The van der Waals surface area contributed by atoms with Gasteiger partial charge in [0.2, 0.25) is 0 Å². The maximum atomic E-state index is 14.1. The summed E-state index contributed by atoms with van der Waals surface area (Å²) >= 11 is 8.60. The molecule has 7 heteroatoms. The van der Waals surface area contributed by atoms with Gasteiger partial charge in [-0.3, -0.25) is 5.41 Å². The van der Waals surface area contributed by atoms with Gasteiger partial charge in [0.1, 0.15) is 5.84 Å². The minimum absolute atomic E-state index is 0.0232. The molecule has 0 spiro atoms. The Morgan fingerprint density at radius 1 is 1.15 bits per heavy atom. The molecule has 0 bridgehead atoms. The molecule has 0 saturated carbocycles. The standard InChI is InChI=1S/C13H8BrClF2N2O/c14-10-6(13(18)19)4-5-9(12(10)17)20-8-3-1-2-7(15)11(8)16/h1-5H,(H3,18,19). The van der Waals surface area contributed by atoms with Crippen molar-refractivity contribution in [2.75, 3.05) is 0 Å². The summed E-state index contributed by atoms with van der Waals surface area (Å²) in [5.41, 5.74) is 5.48. The Labute approximate surface area is 126 Å². The number of hydrogen-bond donors (Lipinski definition) is 2. The molecule has 0 aromatic heterocycles. The van der Waals surface area contributed by atoms with Crippen LogP contribution in [0.25, 0.3) is 0 Å². The maximum absolute atomic E-state index is 14.1. The number of nitrogens with two attached hydrogens (primary N) is 1. The van der Waals surface area contributed by atoms with E-state index in [1.165, 1.54) is 30.3 Å². The Morgan fingerprint density at radius 3 is 2.45 bits per heavy atom. The van der Waals surface area contributed by atoms with Crippen molar-refractivity contribution in [1.82, 2.24) is 0 Å². The first-order valence-corrected chi connectivity index (χ1v) is 6.53. The van der Waals surface area contributed by atoms with E-state index in [1.54, 1.807) is 0 Å². The summed E-state index contributed by atoms with van der Waals surface area (Å²) in [5, 5.41) is 7.17. The first kappa shape index (κ1) is 14.7. The van der Waals surface area contributed by atoms with Crippen molar-refractivity contribution in [2.24, 2.45) is 5.73 Å². The minimum Gasteiger partial charge on any atom is -0.451 e. The third-order valence-electron chi connectivity index (χ3n) is 2.47. The zero-order valence-corrected chi connectivity index (χ0v) is 12.2. The van der Waals surface area contributed by atoms with E-state index < -0.39 is 11.6 Å². The van der Waals surface area contributed by atoms with Crippen molar-refractivity contribution < 1.29 is 13.5 Å². The number of nitrogens with one attached hydrogen (secondary N) is 1. The van der Waals surface area contributed by atoms with Gasteiger partial charge in [0.15, 0.2) is 23.1 Å². The van der Waals surface area contributed by atoms with Crippen LogP contribution in [0, 0.1) is 17.0 Å². The molecule has 0 aliphatic carbocycles. The third kappa shape index (κ3) is 2.76. The molecule has 0 radical (unpaired) electrons. The zero-order valence-electron chi connectivity index (χ0n) is 9.88. The predicted octanol–water partition coefficient (Wildman–Crippen LogP) is 4.46. The minimum atomic E-state index is -0.780. The molecule has 2 aromatic rings. The first-order valence-electron chi connectivity index (χ1n) is 5.36.